The lowest BCUT2D eigenvalue weighted by Gasteiger charge is -2.03. The van der Waals surface area contributed by atoms with E-state index in [0.717, 1.165) is 0 Å². The van der Waals surface area contributed by atoms with Crippen molar-refractivity contribution in [2.45, 2.75) is 13.0 Å². The number of halogens is 1. The third kappa shape index (κ3) is 3.32. The Balaban J connectivity index is 3.46. The topological polar surface area (TPSA) is 46.5 Å². The fourth-order valence-corrected chi connectivity index (χ4v) is 0.427. The van der Waals surface area contributed by atoms with Gasteiger partial charge in [-0.2, -0.15) is 0 Å². The molecule has 1 N–H and O–H groups in total. The smallest absolute Gasteiger partial charge is 0.336 e. The number of rotatable bonds is 3. The van der Waals surface area contributed by atoms with Crippen LogP contribution in [0.4, 0.5) is 0 Å². The predicted octanol–water partition coefficient (Wildman–Crippen LogP) is 0.149. The van der Waals surface area contributed by atoms with Gasteiger partial charge < -0.3 is 9.84 Å². The molecule has 0 aromatic rings. The molecule has 1 atom stereocenters. The molecule has 0 bridgehead atoms. The van der Waals surface area contributed by atoms with Gasteiger partial charge >= 0.3 is 5.97 Å². The first-order chi connectivity index (χ1) is 4.22. The van der Waals surface area contributed by atoms with E-state index < -0.39 is 12.1 Å². The highest BCUT2D eigenvalue weighted by Gasteiger charge is 2.13. The molecule has 54 valence electrons. The molecule has 0 aliphatic rings. The van der Waals surface area contributed by atoms with Crippen molar-refractivity contribution in [2.75, 3.05) is 12.5 Å². The minimum Gasteiger partial charge on any atom is -0.464 e. The molecule has 0 saturated carbocycles. The number of carbonyl (C=O) groups excluding carboxylic acids is 1. The van der Waals surface area contributed by atoms with Crippen LogP contribution >= 0.6 is 11.6 Å². The summed E-state index contributed by atoms with van der Waals surface area (Å²) >= 11 is 5.13. The van der Waals surface area contributed by atoms with Crippen LogP contribution in [0.25, 0.3) is 0 Å². The highest BCUT2D eigenvalue weighted by atomic mass is 35.5. The lowest BCUT2D eigenvalue weighted by Crippen LogP contribution is -2.24. The molecule has 0 spiro atoms. The van der Waals surface area contributed by atoms with E-state index in [4.69, 9.17) is 16.7 Å². The second kappa shape index (κ2) is 4.58. The summed E-state index contributed by atoms with van der Waals surface area (Å²) in [5, 5.41) is 8.65. The fraction of sp³-hybridized carbons (Fsp3) is 0.800. The van der Waals surface area contributed by atoms with Gasteiger partial charge in [-0.1, -0.05) is 0 Å². The summed E-state index contributed by atoms with van der Waals surface area (Å²) in [6.45, 7) is 1.94. The number of ether oxygens (including phenoxy) is 1. The van der Waals surface area contributed by atoms with Gasteiger partial charge in [0.25, 0.3) is 0 Å². The zero-order valence-electron chi connectivity index (χ0n) is 5.13. The first-order valence-electron chi connectivity index (χ1n) is 2.63. The molecule has 0 aromatic carbocycles. The highest BCUT2D eigenvalue weighted by Crippen LogP contribution is 1.90. The summed E-state index contributed by atoms with van der Waals surface area (Å²) in [6.07, 6.45) is -1.17. The van der Waals surface area contributed by atoms with Crippen molar-refractivity contribution < 1.29 is 14.6 Å². The zero-order chi connectivity index (χ0) is 7.28. The number of hydrogen-bond donors (Lipinski definition) is 1. The van der Waals surface area contributed by atoms with Crippen LogP contribution < -0.4 is 0 Å². The van der Waals surface area contributed by atoms with Crippen LogP contribution in [0, 0.1) is 0 Å². The van der Waals surface area contributed by atoms with Gasteiger partial charge in [0.2, 0.25) is 0 Å². The summed E-state index contributed by atoms with van der Waals surface area (Å²) in [5.74, 6) is -0.772. The van der Waals surface area contributed by atoms with Crippen LogP contribution in [0.1, 0.15) is 6.92 Å². The Kier molecular flexibility index (Phi) is 4.44. The fourth-order valence-electron chi connectivity index (χ4n) is 0.301. The lowest BCUT2D eigenvalue weighted by atomic mass is 10.4. The molecule has 0 saturated heterocycles. The summed E-state index contributed by atoms with van der Waals surface area (Å²) in [4.78, 5) is 10.4. The molecule has 0 heterocycles. The van der Waals surface area contributed by atoms with E-state index in [0.29, 0.717) is 0 Å². The van der Waals surface area contributed by atoms with Gasteiger partial charge in [-0.05, 0) is 6.92 Å². The highest BCUT2D eigenvalue weighted by molar-refractivity contribution is 6.19. The largest absolute Gasteiger partial charge is 0.464 e. The van der Waals surface area contributed by atoms with Gasteiger partial charge in [-0.15, -0.1) is 11.6 Å². The number of carbonyl (C=O) groups is 1. The van der Waals surface area contributed by atoms with Gasteiger partial charge in [0.05, 0.1) is 12.5 Å². The summed E-state index contributed by atoms with van der Waals surface area (Å²) in [5.41, 5.74) is 0. The van der Waals surface area contributed by atoms with Crippen LogP contribution in [-0.4, -0.2) is 29.7 Å². The minimum absolute atomic E-state index is 0.112. The van der Waals surface area contributed by atoms with Gasteiger partial charge in [-0.25, -0.2) is 4.79 Å². The van der Waals surface area contributed by atoms with Crippen molar-refractivity contribution in [3.05, 3.63) is 0 Å². The Morgan fingerprint density at radius 2 is 2.44 bits per heavy atom. The quantitative estimate of drug-likeness (QED) is 0.463. The SMILES string of the molecule is CCOC(=O)[C@@H](O)CCl. The molecule has 0 fully saturated rings. The molecule has 9 heavy (non-hydrogen) atoms. The molecular formula is C5H9ClO3. The van der Waals surface area contributed by atoms with E-state index in [9.17, 15) is 4.79 Å². The maximum absolute atomic E-state index is 10.4. The van der Waals surface area contributed by atoms with E-state index in [1.54, 1.807) is 6.92 Å². The first kappa shape index (κ1) is 8.72. The molecule has 0 rings (SSSR count). The second-order valence-electron chi connectivity index (χ2n) is 1.42. The Morgan fingerprint density at radius 3 is 2.78 bits per heavy atom. The van der Waals surface area contributed by atoms with Crippen molar-refractivity contribution in [1.29, 1.82) is 0 Å². The van der Waals surface area contributed by atoms with Gasteiger partial charge in [0.15, 0.2) is 6.10 Å². The van der Waals surface area contributed by atoms with Crippen LogP contribution in [0.3, 0.4) is 0 Å². The molecular weight excluding hydrogens is 144 g/mol. The average molecular weight is 153 g/mol. The standard InChI is InChI=1S/C5H9ClO3/c1-2-9-5(8)4(7)3-6/h4,7H,2-3H2,1H3/t4-/m0/s1. The molecule has 0 aromatic heterocycles. The normalized spacial score (nSPS) is 12.8. The molecule has 3 nitrogen and oxygen atoms in total. The first-order valence-corrected chi connectivity index (χ1v) is 3.16. The van der Waals surface area contributed by atoms with E-state index in [1.165, 1.54) is 0 Å². The molecule has 0 aliphatic heterocycles. The molecule has 0 unspecified atom stereocenters. The Hall–Kier alpha value is -0.280. The lowest BCUT2D eigenvalue weighted by molar-refractivity contribution is -0.151. The monoisotopic (exact) mass is 152 g/mol. The van der Waals surface area contributed by atoms with E-state index in [1.807, 2.05) is 0 Å². The zero-order valence-corrected chi connectivity index (χ0v) is 5.89. The second-order valence-corrected chi connectivity index (χ2v) is 1.73. The maximum atomic E-state index is 10.4. The minimum atomic E-state index is -1.17. The molecule has 0 amide bonds. The number of esters is 1. The molecule has 0 aliphatic carbocycles. The Morgan fingerprint density at radius 1 is 1.89 bits per heavy atom. The van der Waals surface area contributed by atoms with Crippen molar-refractivity contribution in [3.63, 3.8) is 0 Å². The molecule has 0 radical (unpaired) electrons. The molecule has 4 heteroatoms. The van der Waals surface area contributed by atoms with Crippen molar-refractivity contribution >= 4 is 17.6 Å². The van der Waals surface area contributed by atoms with Gasteiger partial charge in [-0.3, -0.25) is 0 Å². The summed E-state index contributed by atoms with van der Waals surface area (Å²) in [6, 6.07) is 0. The Labute approximate surface area is 58.6 Å². The van der Waals surface area contributed by atoms with Gasteiger partial charge in [0.1, 0.15) is 0 Å². The third-order valence-corrected chi connectivity index (χ3v) is 0.997. The van der Waals surface area contributed by atoms with Crippen LogP contribution in [0.15, 0.2) is 0 Å². The van der Waals surface area contributed by atoms with Crippen molar-refractivity contribution in [1.82, 2.24) is 0 Å². The van der Waals surface area contributed by atoms with E-state index in [2.05, 4.69) is 4.74 Å². The number of hydrogen-bond acceptors (Lipinski definition) is 3. The third-order valence-electron chi connectivity index (χ3n) is 0.705. The maximum Gasteiger partial charge on any atom is 0.336 e. The van der Waals surface area contributed by atoms with E-state index >= 15 is 0 Å². The summed E-state index contributed by atoms with van der Waals surface area (Å²) in [7, 11) is 0. The average Bonchev–Trinajstić information content (AvgIpc) is 1.87. The van der Waals surface area contributed by atoms with E-state index in [-0.39, 0.29) is 12.5 Å². The summed E-state index contributed by atoms with van der Waals surface area (Å²) < 4.78 is 4.42. The van der Waals surface area contributed by atoms with Crippen molar-refractivity contribution in [2.24, 2.45) is 0 Å². The number of alkyl halides is 1. The van der Waals surface area contributed by atoms with Gasteiger partial charge in [0, 0.05) is 0 Å². The van der Waals surface area contributed by atoms with Crippen LogP contribution in [0.5, 0.6) is 0 Å². The predicted molar refractivity (Wildman–Crippen MR) is 33.4 cm³/mol. The van der Waals surface area contributed by atoms with Crippen molar-refractivity contribution in [3.8, 4) is 0 Å². The van der Waals surface area contributed by atoms with Crippen LogP contribution in [0.2, 0.25) is 0 Å². The van der Waals surface area contributed by atoms with Crippen LogP contribution in [-0.2, 0) is 9.53 Å². The Bertz CT molecular complexity index is 94.2. The number of aliphatic hydroxyl groups excluding tert-OH is 1. The number of aliphatic hydroxyl groups is 1.